The second kappa shape index (κ2) is 6.93. The van der Waals surface area contributed by atoms with Crippen molar-refractivity contribution in [1.29, 1.82) is 0 Å². The van der Waals surface area contributed by atoms with Crippen LogP contribution in [0.5, 0.6) is 0 Å². The van der Waals surface area contributed by atoms with E-state index < -0.39 is 0 Å². The van der Waals surface area contributed by atoms with Crippen LogP contribution >= 0.6 is 0 Å². The van der Waals surface area contributed by atoms with E-state index in [4.69, 9.17) is 0 Å². The highest BCUT2D eigenvalue weighted by atomic mass is 15.0. The number of aromatic nitrogens is 1. The summed E-state index contributed by atoms with van der Waals surface area (Å²) in [6, 6.07) is 8.55. The summed E-state index contributed by atoms with van der Waals surface area (Å²) in [5.41, 5.74) is 4.04. The molecule has 0 spiro atoms. The minimum atomic E-state index is 0.794. The smallest absolute Gasteiger partial charge is 0.134 e. The van der Waals surface area contributed by atoms with Crippen molar-refractivity contribution in [3.05, 3.63) is 57.6 Å². The highest BCUT2D eigenvalue weighted by Crippen LogP contribution is 2.11. The SMILES string of the molecule is C=c1ccnc(NC)/c1=C/NCc1ccc(CC)c(C)c1. The second-order valence-electron chi connectivity index (χ2n) is 5.12. The zero-order chi connectivity index (χ0) is 15.2. The number of hydrogen-bond acceptors (Lipinski definition) is 3. The number of anilines is 1. The summed E-state index contributed by atoms with van der Waals surface area (Å²) >= 11 is 0. The maximum absolute atomic E-state index is 4.30. The number of hydrogen-bond donors (Lipinski definition) is 2. The van der Waals surface area contributed by atoms with Crippen LogP contribution in [0.15, 0.2) is 30.5 Å². The van der Waals surface area contributed by atoms with Crippen molar-refractivity contribution in [1.82, 2.24) is 10.3 Å². The number of rotatable bonds is 5. The van der Waals surface area contributed by atoms with Crippen LogP contribution in [-0.2, 0) is 13.0 Å². The molecule has 21 heavy (non-hydrogen) atoms. The Labute approximate surface area is 126 Å². The first-order chi connectivity index (χ1) is 10.2. The van der Waals surface area contributed by atoms with Gasteiger partial charge in [0.2, 0.25) is 0 Å². The molecule has 2 N–H and O–H groups in total. The monoisotopic (exact) mass is 281 g/mol. The lowest BCUT2D eigenvalue weighted by molar-refractivity contribution is 0.905. The van der Waals surface area contributed by atoms with Crippen LogP contribution in [0.4, 0.5) is 5.82 Å². The minimum absolute atomic E-state index is 0.794. The third-order valence-corrected chi connectivity index (χ3v) is 3.66. The molecule has 0 saturated heterocycles. The Bertz CT molecular complexity index is 720. The first-order valence-corrected chi connectivity index (χ1v) is 7.29. The molecule has 110 valence electrons. The van der Waals surface area contributed by atoms with E-state index in [1.807, 2.05) is 19.3 Å². The predicted octanol–water partition coefficient (Wildman–Crippen LogP) is 1.93. The highest BCUT2D eigenvalue weighted by Gasteiger charge is 1.98. The topological polar surface area (TPSA) is 37.0 Å². The van der Waals surface area contributed by atoms with E-state index in [2.05, 4.69) is 54.2 Å². The van der Waals surface area contributed by atoms with Crippen molar-refractivity contribution in [2.75, 3.05) is 12.4 Å². The molecule has 0 saturated carbocycles. The summed E-state index contributed by atoms with van der Waals surface area (Å²) in [7, 11) is 1.87. The summed E-state index contributed by atoms with van der Waals surface area (Å²) in [5, 5.41) is 8.40. The van der Waals surface area contributed by atoms with Crippen LogP contribution < -0.4 is 21.1 Å². The minimum Gasteiger partial charge on any atom is -0.386 e. The van der Waals surface area contributed by atoms with Gasteiger partial charge in [-0.05, 0) is 41.3 Å². The molecule has 1 heterocycles. The third-order valence-electron chi connectivity index (χ3n) is 3.66. The molecule has 3 nitrogen and oxygen atoms in total. The van der Waals surface area contributed by atoms with Gasteiger partial charge in [-0.25, -0.2) is 4.98 Å². The Kier molecular flexibility index (Phi) is 4.99. The van der Waals surface area contributed by atoms with Gasteiger partial charge in [-0.2, -0.15) is 0 Å². The molecule has 3 heteroatoms. The Hall–Kier alpha value is -2.29. The fourth-order valence-electron chi connectivity index (χ4n) is 2.41. The molecule has 0 amide bonds. The summed E-state index contributed by atoms with van der Waals surface area (Å²) in [5.74, 6) is 0.840. The molecule has 0 aliphatic rings. The van der Waals surface area contributed by atoms with Crippen LogP contribution in [0.3, 0.4) is 0 Å². The van der Waals surface area contributed by atoms with E-state index in [9.17, 15) is 0 Å². The normalized spacial score (nSPS) is 11.5. The molecule has 0 aliphatic heterocycles. The average Bonchev–Trinajstić information content (AvgIpc) is 2.49. The van der Waals surface area contributed by atoms with Gasteiger partial charge in [-0.15, -0.1) is 0 Å². The maximum atomic E-state index is 4.30. The lowest BCUT2D eigenvalue weighted by atomic mass is 10.0. The van der Waals surface area contributed by atoms with Crippen LogP contribution in [0, 0.1) is 6.92 Å². The summed E-state index contributed by atoms with van der Waals surface area (Å²) < 4.78 is 0. The summed E-state index contributed by atoms with van der Waals surface area (Å²) in [6.07, 6.45) is 4.82. The van der Waals surface area contributed by atoms with Gasteiger partial charge in [-0.3, -0.25) is 0 Å². The Morgan fingerprint density at radius 3 is 2.76 bits per heavy atom. The molecular weight excluding hydrogens is 258 g/mol. The Balaban J connectivity index is 2.16. The molecule has 1 aromatic heterocycles. The van der Waals surface area contributed by atoms with Gasteiger partial charge in [0.05, 0.1) is 0 Å². The van der Waals surface area contributed by atoms with Gasteiger partial charge < -0.3 is 10.6 Å². The van der Waals surface area contributed by atoms with Gasteiger partial charge >= 0.3 is 0 Å². The van der Waals surface area contributed by atoms with Gasteiger partial charge in [-0.1, -0.05) is 31.7 Å². The Morgan fingerprint density at radius 2 is 2.10 bits per heavy atom. The van der Waals surface area contributed by atoms with E-state index >= 15 is 0 Å². The molecule has 0 fully saturated rings. The van der Waals surface area contributed by atoms with Crippen molar-refractivity contribution in [2.45, 2.75) is 26.8 Å². The first-order valence-electron chi connectivity index (χ1n) is 7.29. The highest BCUT2D eigenvalue weighted by molar-refractivity contribution is 5.42. The van der Waals surface area contributed by atoms with Gasteiger partial charge in [0, 0.05) is 31.2 Å². The molecule has 0 unspecified atom stereocenters. The molecule has 0 bridgehead atoms. The van der Waals surface area contributed by atoms with Gasteiger partial charge in [0.25, 0.3) is 0 Å². The van der Waals surface area contributed by atoms with E-state index in [0.717, 1.165) is 29.2 Å². The lowest BCUT2D eigenvalue weighted by Gasteiger charge is -2.07. The van der Waals surface area contributed by atoms with Crippen LogP contribution in [0.1, 0.15) is 23.6 Å². The standard InChI is InChI=1S/C18H23N3/c1-5-16-7-6-15(10-14(16)3)11-20-12-17-13(2)8-9-21-18(17)19-4/h6-10,12,20H,2,5,11H2,1,3-4H3,(H,19,21)/b17-12+. The molecule has 1 aromatic carbocycles. The molecule has 2 aromatic rings. The quantitative estimate of drug-likeness (QED) is 0.879. The van der Waals surface area contributed by atoms with Crippen molar-refractivity contribution < 1.29 is 0 Å². The average molecular weight is 281 g/mol. The maximum Gasteiger partial charge on any atom is 0.134 e. The number of nitrogens with one attached hydrogen (secondary N) is 2. The van der Waals surface area contributed by atoms with Crippen molar-refractivity contribution in [3.8, 4) is 0 Å². The van der Waals surface area contributed by atoms with E-state index in [1.54, 1.807) is 6.20 Å². The lowest BCUT2D eigenvalue weighted by Crippen LogP contribution is -2.29. The Morgan fingerprint density at radius 1 is 1.29 bits per heavy atom. The zero-order valence-corrected chi connectivity index (χ0v) is 13.0. The van der Waals surface area contributed by atoms with Gasteiger partial charge in [0.1, 0.15) is 5.82 Å². The van der Waals surface area contributed by atoms with Crippen molar-refractivity contribution in [2.24, 2.45) is 0 Å². The third kappa shape index (κ3) is 3.63. The van der Waals surface area contributed by atoms with Crippen molar-refractivity contribution >= 4 is 18.6 Å². The molecule has 0 aliphatic carbocycles. The molecular formula is C18H23N3. The number of aryl methyl sites for hydroxylation is 2. The second-order valence-corrected chi connectivity index (χ2v) is 5.12. The molecule has 2 rings (SSSR count). The first kappa shape index (κ1) is 15.1. The summed E-state index contributed by atoms with van der Waals surface area (Å²) in [6.45, 7) is 9.19. The molecule has 0 radical (unpaired) electrons. The fraction of sp³-hybridized carbons (Fsp3) is 0.278. The van der Waals surface area contributed by atoms with E-state index in [-0.39, 0.29) is 0 Å². The van der Waals surface area contributed by atoms with Gasteiger partial charge in [0.15, 0.2) is 0 Å². The number of nitrogens with zero attached hydrogens (tertiary/aromatic N) is 1. The molecule has 0 atom stereocenters. The largest absolute Gasteiger partial charge is 0.386 e. The zero-order valence-electron chi connectivity index (χ0n) is 13.0. The van der Waals surface area contributed by atoms with Crippen LogP contribution in [-0.4, -0.2) is 12.0 Å². The predicted molar refractivity (Wildman–Crippen MR) is 90.4 cm³/mol. The van der Waals surface area contributed by atoms with Crippen LogP contribution in [0.25, 0.3) is 12.8 Å². The van der Waals surface area contributed by atoms with Crippen LogP contribution in [0.2, 0.25) is 0 Å². The van der Waals surface area contributed by atoms with E-state index in [0.29, 0.717) is 0 Å². The number of benzene rings is 1. The fourth-order valence-corrected chi connectivity index (χ4v) is 2.41. The van der Waals surface area contributed by atoms with Crippen molar-refractivity contribution in [3.63, 3.8) is 0 Å². The number of pyridine rings is 1. The summed E-state index contributed by atoms with van der Waals surface area (Å²) in [4.78, 5) is 4.30. The van der Waals surface area contributed by atoms with E-state index in [1.165, 1.54) is 16.7 Å².